The van der Waals surface area contributed by atoms with Gasteiger partial charge in [0.1, 0.15) is 5.82 Å². The molecule has 3 aromatic rings. The second-order valence-corrected chi connectivity index (χ2v) is 6.70. The predicted octanol–water partition coefficient (Wildman–Crippen LogP) is 2.92. The highest BCUT2D eigenvalue weighted by atomic mass is 15.4. The van der Waals surface area contributed by atoms with Crippen LogP contribution in [-0.2, 0) is 20.0 Å². The van der Waals surface area contributed by atoms with Crippen molar-refractivity contribution in [2.24, 2.45) is 7.05 Å². The van der Waals surface area contributed by atoms with Crippen LogP contribution in [0.5, 0.6) is 0 Å². The lowest BCUT2D eigenvalue weighted by molar-refractivity contribution is 0.684. The third-order valence-electron chi connectivity index (χ3n) is 4.53. The van der Waals surface area contributed by atoms with E-state index in [2.05, 4.69) is 72.6 Å². The molecule has 2 N–H and O–H groups in total. The Bertz CT molecular complexity index is 841. The Morgan fingerprint density at radius 2 is 2.04 bits per heavy atom. The van der Waals surface area contributed by atoms with Crippen LogP contribution in [0.2, 0.25) is 0 Å². The molecule has 0 aliphatic heterocycles. The van der Waals surface area contributed by atoms with Gasteiger partial charge in [0.25, 0.3) is 0 Å². The summed E-state index contributed by atoms with van der Waals surface area (Å²) in [4.78, 5) is 5.50. The highest BCUT2D eigenvalue weighted by molar-refractivity contribution is 5.83. The number of aromatic amines is 1. The van der Waals surface area contributed by atoms with E-state index >= 15 is 0 Å². The number of nitrogens with zero attached hydrogens (tertiary/aromatic N) is 3. The van der Waals surface area contributed by atoms with Gasteiger partial charge in [-0.25, -0.2) is 0 Å². The van der Waals surface area contributed by atoms with Crippen molar-refractivity contribution < 1.29 is 0 Å². The van der Waals surface area contributed by atoms with Crippen molar-refractivity contribution in [3.63, 3.8) is 0 Å². The first-order valence-electron chi connectivity index (χ1n) is 8.44. The topological polar surface area (TPSA) is 48.9 Å². The van der Waals surface area contributed by atoms with Crippen molar-refractivity contribution in [3.8, 4) is 0 Å². The van der Waals surface area contributed by atoms with Gasteiger partial charge < -0.3 is 15.2 Å². The average molecular weight is 325 g/mol. The van der Waals surface area contributed by atoms with E-state index in [9.17, 15) is 0 Å². The quantitative estimate of drug-likeness (QED) is 0.685. The molecule has 0 aliphatic carbocycles. The molecule has 0 atom stereocenters. The van der Waals surface area contributed by atoms with E-state index in [0.29, 0.717) is 0 Å². The van der Waals surface area contributed by atoms with E-state index in [1.165, 1.54) is 33.4 Å². The number of hydrogen-bond acceptors (Lipinski definition) is 3. The maximum absolute atomic E-state index is 4.54. The van der Waals surface area contributed by atoms with Gasteiger partial charge in [-0.3, -0.25) is 4.68 Å². The van der Waals surface area contributed by atoms with Crippen LogP contribution < -0.4 is 10.2 Å². The normalized spacial score (nSPS) is 11.4. The van der Waals surface area contributed by atoms with Gasteiger partial charge in [-0.2, -0.15) is 5.10 Å². The van der Waals surface area contributed by atoms with Gasteiger partial charge in [-0.1, -0.05) is 12.1 Å². The van der Waals surface area contributed by atoms with Crippen molar-refractivity contribution in [3.05, 3.63) is 46.8 Å². The summed E-state index contributed by atoms with van der Waals surface area (Å²) in [7, 11) is 6.13. The molecular weight excluding hydrogens is 298 g/mol. The molecule has 0 spiro atoms. The number of fused-ring (bicyclic) bond motifs is 1. The largest absolute Gasteiger partial charge is 0.363 e. The van der Waals surface area contributed by atoms with Crippen LogP contribution in [0.25, 0.3) is 10.9 Å². The second kappa shape index (κ2) is 6.69. The Morgan fingerprint density at radius 1 is 1.25 bits per heavy atom. The predicted molar refractivity (Wildman–Crippen MR) is 101 cm³/mol. The maximum Gasteiger partial charge on any atom is 0.130 e. The van der Waals surface area contributed by atoms with Gasteiger partial charge in [0.05, 0.1) is 5.69 Å². The molecule has 0 fully saturated rings. The van der Waals surface area contributed by atoms with Crippen molar-refractivity contribution in [1.29, 1.82) is 0 Å². The lowest BCUT2D eigenvalue weighted by Crippen LogP contribution is -2.20. The Hall–Kier alpha value is -2.27. The van der Waals surface area contributed by atoms with Crippen LogP contribution >= 0.6 is 0 Å². The highest BCUT2D eigenvalue weighted by Crippen LogP contribution is 2.22. The van der Waals surface area contributed by atoms with Crippen LogP contribution in [-0.4, -0.2) is 35.4 Å². The van der Waals surface area contributed by atoms with Crippen LogP contribution in [0.15, 0.2) is 24.4 Å². The SMILES string of the molecule is Cc1ccc2c(CCNCc3c(C)nn(C)c3N(C)C)c[nH]c2c1. The zero-order chi connectivity index (χ0) is 17.3. The van der Waals surface area contributed by atoms with Crippen LogP contribution in [0.4, 0.5) is 5.82 Å². The third kappa shape index (κ3) is 3.17. The zero-order valence-corrected chi connectivity index (χ0v) is 15.3. The Kier molecular flexibility index (Phi) is 4.62. The van der Waals surface area contributed by atoms with Gasteiger partial charge in [-0.15, -0.1) is 0 Å². The van der Waals surface area contributed by atoms with Crippen LogP contribution in [0.1, 0.15) is 22.4 Å². The smallest absolute Gasteiger partial charge is 0.130 e. The average Bonchev–Trinajstić information content (AvgIpc) is 3.03. The molecule has 1 aromatic carbocycles. The molecule has 0 bridgehead atoms. The number of rotatable bonds is 6. The monoisotopic (exact) mass is 325 g/mol. The fourth-order valence-electron chi connectivity index (χ4n) is 3.40. The molecular formula is C19H27N5. The van der Waals surface area contributed by atoms with Crippen molar-refractivity contribution in [1.82, 2.24) is 20.1 Å². The molecule has 0 unspecified atom stereocenters. The summed E-state index contributed by atoms with van der Waals surface area (Å²) in [5.74, 6) is 1.17. The van der Waals surface area contributed by atoms with Crippen LogP contribution in [0.3, 0.4) is 0 Å². The molecule has 2 heterocycles. The molecule has 128 valence electrons. The first-order valence-corrected chi connectivity index (χ1v) is 8.44. The first-order chi connectivity index (χ1) is 11.5. The maximum atomic E-state index is 4.54. The fraction of sp³-hybridized carbons (Fsp3) is 0.421. The summed E-state index contributed by atoms with van der Waals surface area (Å²) in [5.41, 5.74) is 6.25. The first kappa shape index (κ1) is 16.6. The van der Waals surface area contributed by atoms with E-state index < -0.39 is 0 Å². The number of benzene rings is 1. The number of hydrogen-bond donors (Lipinski definition) is 2. The number of aryl methyl sites for hydroxylation is 3. The number of H-pyrrole nitrogens is 1. The summed E-state index contributed by atoms with van der Waals surface area (Å²) in [5, 5.41) is 9.44. The van der Waals surface area contributed by atoms with Gasteiger partial charge in [0, 0.05) is 50.4 Å². The van der Waals surface area contributed by atoms with E-state index in [4.69, 9.17) is 0 Å². The van der Waals surface area contributed by atoms with E-state index in [1.807, 2.05) is 11.7 Å². The van der Waals surface area contributed by atoms with Gasteiger partial charge in [0.15, 0.2) is 0 Å². The summed E-state index contributed by atoms with van der Waals surface area (Å²) in [6.07, 6.45) is 3.14. The minimum absolute atomic E-state index is 0.842. The molecule has 0 aliphatic rings. The molecule has 5 nitrogen and oxygen atoms in total. The van der Waals surface area contributed by atoms with E-state index in [0.717, 1.165) is 25.2 Å². The minimum atomic E-state index is 0.842. The molecule has 2 aromatic heterocycles. The zero-order valence-electron chi connectivity index (χ0n) is 15.3. The van der Waals surface area contributed by atoms with E-state index in [1.54, 1.807) is 0 Å². The lowest BCUT2D eigenvalue weighted by Gasteiger charge is -2.15. The second-order valence-electron chi connectivity index (χ2n) is 6.70. The van der Waals surface area contributed by atoms with Gasteiger partial charge >= 0.3 is 0 Å². The third-order valence-corrected chi connectivity index (χ3v) is 4.53. The molecule has 0 amide bonds. The molecule has 3 rings (SSSR count). The van der Waals surface area contributed by atoms with Crippen LogP contribution in [0, 0.1) is 13.8 Å². The summed E-state index contributed by atoms with van der Waals surface area (Å²) in [6.45, 7) is 5.99. The molecule has 24 heavy (non-hydrogen) atoms. The van der Waals surface area contributed by atoms with Gasteiger partial charge in [-0.05, 0) is 44.0 Å². The minimum Gasteiger partial charge on any atom is -0.363 e. The molecule has 0 saturated heterocycles. The molecule has 0 radical (unpaired) electrons. The standard InChI is InChI=1S/C19H27N5/c1-13-6-7-16-15(11-21-18(16)10-13)8-9-20-12-17-14(2)22-24(5)19(17)23(3)4/h6-7,10-11,20-21H,8-9,12H2,1-5H3. The summed E-state index contributed by atoms with van der Waals surface area (Å²) in [6, 6.07) is 6.59. The van der Waals surface area contributed by atoms with E-state index in [-0.39, 0.29) is 0 Å². The lowest BCUT2D eigenvalue weighted by atomic mass is 10.1. The Labute approximate surface area is 143 Å². The number of aromatic nitrogens is 3. The number of anilines is 1. The van der Waals surface area contributed by atoms with Gasteiger partial charge in [0.2, 0.25) is 0 Å². The van der Waals surface area contributed by atoms with Crippen molar-refractivity contribution in [2.75, 3.05) is 25.5 Å². The molecule has 5 heteroatoms. The number of nitrogens with one attached hydrogen (secondary N) is 2. The summed E-state index contributed by atoms with van der Waals surface area (Å²) < 4.78 is 1.95. The summed E-state index contributed by atoms with van der Waals surface area (Å²) >= 11 is 0. The molecule has 0 saturated carbocycles. The fourth-order valence-corrected chi connectivity index (χ4v) is 3.40. The Balaban J connectivity index is 1.63. The Morgan fingerprint density at radius 3 is 2.79 bits per heavy atom. The van der Waals surface area contributed by atoms with Crippen molar-refractivity contribution >= 4 is 16.7 Å². The van der Waals surface area contributed by atoms with Crippen molar-refractivity contribution in [2.45, 2.75) is 26.8 Å². The highest BCUT2D eigenvalue weighted by Gasteiger charge is 2.14.